The van der Waals surface area contributed by atoms with Gasteiger partial charge in [-0.3, -0.25) is 9.71 Å². The summed E-state index contributed by atoms with van der Waals surface area (Å²) in [6.07, 6.45) is 0. The van der Waals surface area contributed by atoms with E-state index in [1.54, 1.807) is 30.3 Å². The number of hydrogen-bond acceptors (Lipinski definition) is 4. The topological polar surface area (TPSA) is 92.2 Å². The molecule has 1 aromatic heterocycles. The third-order valence-electron chi connectivity index (χ3n) is 2.73. The Morgan fingerprint density at radius 2 is 1.80 bits per heavy atom. The molecular weight excluding hydrogens is 280 g/mol. The lowest BCUT2D eigenvalue weighted by Crippen LogP contribution is -2.12. The maximum atomic E-state index is 12.2. The molecule has 2 N–H and O–H groups in total. The van der Waals surface area contributed by atoms with Crippen LogP contribution < -0.4 is 10.5 Å². The summed E-state index contributed by atoms with van der Waals surface area (Å²) >= 11 is 0. The minimum Gasteiger partial charge on any atom is -0.408 e. The molecule has 7 heteroatoms. The predicted molar refractivity (Wildman–Crippen MR) is 74.1 cm³/mol. The van der Waals surface area contributed by atoms with E-state index in [1.807, 2.05) is 0 Å². The van der Waals surface area contributed by atoms with Gasteiger partial charge in [-0.15, -0.1) is 0 Å². The first-order chi connectivity index (χ1) is 9.54. The molecular formula is C13H10N2O4S. The van der Waals surface area contributed by atoms with Gasteiger partial charge in [0.15, 0.2) is 5.58 Å². The Hall–Kier alpha value is -2.54. The molecule has 2 aromatic carbocycles. The number of oxazole rings is 1. The summed E-state index contributed by atoms with van der Waals surface area (Å²) in [5.41, 5.74) is 1.12. The van der Waals surface area contributed by atoms with Gasteiger partial charge in [0.2, 0.25) is 0 Å². The van der Waals surface area contributed by atoms with Gasteiger partial charge in [0.1, 0.15) is 0 Å². The highest BCUT2D eigenvalue weighted by Crippen LogP contribution is 2.19. The molecule has 0 aliphatic heterocycles. The summed E-state index contributed by atoms with van der Waals surface area (Å²) < 4.78 is 31.7. The molecule has 0 fully saturated rings. The van der Waals surface area contributed by atoms with E-state index in [-0.39, 0.29) is 4.90 Å². The molecule has 0 spiro atoms. The molecule has 0 saturated carbocycles. The van der Waals surface area contributed by atoms with Crippen LogP contribution in [-0.4, -0.2) is 13.4 Å². The van der Waals surface area contributed by atoms with Crippen molar-refractivity contribution in [3.05, 3.63) is 59.1 Å². The SMILES string of the molecule is O=c1[nH]c2cc(S(=O)(=O)Nc3ccccc3)ccc2o1. The highest BCUT2D eigenvalue weighted by atomic mass is 32.2. The number of sulfonamides is 1. The molecule has 6 nitrogen and oxygen atoms in total. The number of fused-ring (bicyclic) bond motifs is 1. The Balaban J connectivity index is 2.02. The van der Waals surface area contributed by atoms with Crippen molar-refractivity contribution in [2.75, 3.05) is 4.72 Å². The van der Waals surface area contributed by atoms with Crippen LogP contribution in [0.5, 0.6) is 0 Å². The molecule has 0 saturated heterocycles. The molecule has 0 aliphatic rings. The fourth-order valence-electron chi connectivity index (χ4n) is 1.82. The van der Waals surface area contributed by atoms with E-state index in [2.05, 4.69) is 9.71 Å². The second-order valence-electron chi connectivity index (χ2n) is 4.14. The van der Waals surface area contributed by atoms with Crippen LogP contribution in [0.3, 0.4) is 0 Å². The van der Waals surface area contributed by atoms with Crippen molar-refractivity contribution in [3.8, 4) is 0 Å². The monoisotopic (exact) mass is 290 g/mol. The first-order valence-corrected chi connectivity index (χ1v) is 7.24. The first kappa shape index (κ1) is 12.5. The van der Waals surface area contributed by atoms with Gasteiger partial charge in [-0.1, -0.05) is 18.2 Å². The van der Waals surface area contributed by atoms with Crippen LogP contribution in [0, 0.1) is 0 Å². The molecule has 3 aromatic rings. The average Bonchev–Trinajstić information content (AvgIpc) is 2.78. The van der Waals surface area contributed by atoms with Crippen molar-refractivity contribution in [1.29, 1.82) is 0 Å². The van der Waals surface area contributed by atoms with Gasteiger partial charge >= 0.3 is 5.76 Å². The van der Waals surface area contributed by atoms with Crippen molar-refractivity contribution in [2.24, 2.45) is 0 Å². The van der Waals surface area contributed by atoms with Crippen LogP contribution in [0.4, 0.5) is 5.69 Å². The van der Waals surface area contributed by atoms with Crippen molar-refractivity contribution in [3.63, 3.8) is 0 Å². The number of aromatic amines is 1. The molecule has 3 rings (SSSR count). The van der Waals surface area contributed by atoms with Crippen molar-refractivity contribution in [1.82, 2.24) is 4.98 Å². The van der Waals surface area contributed by atoms with Gasteiger partial charge in [0.25, 0.3) is 10.0 Å². The fraction of sp³-hybridized carbons (Fsp3) is 0. The average molecular weight is 290 g/mol. The third kappa shape index (κ3) is 2.30. The lowest BCUT2D eigenvalue weighted by molar-refractivity contribution is 0.555. The molecule has 0 unspecified atom stereocenters. The zero-order valence-electron chi connectivity index (χ0n) is 10.2. The van der Waals surface area contributed by atoms with Crippen LogP contribution in [-0.2, 0) is 10.0 Å². The summed E-state index contributed by atoms with van der Waals surface area (Å²) in [4.78, 5) is 13.5. The molecule has 1 heterocycles. The fourth-order valence-corrected chi connectivity index (χ4v) is 2.90. The predicted octanol–water partition coefficient (Wildman–Crippen LogP) is 1.92. The zero-order valence-corrected chi connectivity index (χ0v) is 11.0. The van der Waals surface area contributed by atoms with E-state index >= 15 is 0 Å². The number of rotatable bonds is 3. The van der Waals surface area contributed by atoms with Gasteiger partial charge < -0.3 is 4.42 Å². The smallest absolute Gasteiger partial charge is 0.408 e. The van der Waals surface area contributed by atoms with E-state index in [0.29, 0.717) is 16.8 Å². The van der Waals surface area contributed by atoms with Gasteiger partial charge in [0, 0.05) is 5.69 Å². The maximum Gasteiger partial charge on any atom is 0.417 e. The standard InChI is InChI=1S/C13H10N2O4S/c16-13-14-11-8-10(6-7-12(11)19-13)20(17,18)15-9-4-2-1-3-5-9/h1-8,15H,(H,14,16). The summed E-state index contributed by atoms with van der Waals surface area (Å²) in [5, 5.41) is 0. The Bertz CT molecular complexity index is 910. The summed E-state index contributed by atoms with van der Waals surface area (Å²) in [6, 6.07) is 12.7. The summed E-state index contributed by atoms with van der Waals surface area (Å²) in [6.45, 7) is 0. The molecule has 20 heavy (non-hydrogen) atoms. The molecule has 0 radical (unpaired) electrons. The van der Waals surface area contributed by atoms with Crippen LogP contribution >= 0.6 is 0 Å². The second kappa shape index (κ2) is 4.53. The largest absolute Gasteiger partial charge is 0.417 e. The molecule has 0 bridgehead atoms. The number of aromatic nitrogens is 1. The van der Waals surface area contributed by atoms with E-state index in [1.165, 1.54) is 18.2 Å². The molecule has 102 valence electrons. The van der Waals surface area contributed by atoms with Crippen LogP contribution in [0.25, 0.3) is 11.1 Å². The lowest BCUT2D eigenvalue weighted by atomic mass is 10.3. The van der Waals surface area contributed by atoms with E-state index in [0.717, 1.165) is 0 Å². The van der Waals surface area contributed by atoms with Gasteiger partial charge in [0.05, 0.1) is 10.4 Å². The Morgan fingerprint density at radius 3 is 2.55 bits per heavy atom. The zero-order chi connectivity index (χ0) is 14.2. The van der Waals surface area contributed by atoms with Gasteiger partial charge in [-0.25, -0.2) is 13.2 Å². The van der Waals surface area contributed by atoms with Crippen molar-refractivity contribution >= 4 is 26.8 Å². The van der Waals surface area contributed by atoms with Crippen LogP contribution in [0.15, 0.2) is 62.6 Å². The first-order valence-electron chi connectivity index (χ1n) is 5.75. The van der Waals surface area contributed by atoms with Crippen LogP contribution in [0.1, 0.15) is 0 Å². The molecule has 0 aliphatic carbocycles. The minimum absolute atomic E-state index is 0.0471. The maximum absolute atomic E-state index is 12.2. The van der Waals surface area contributed by atoms with E-state index < -0.39 is 15.8 Å². The van der Waals surface area contributed by atoms with Gasteiger partial charge in [-0.2, -0.15) is 0 Å². The molecule has 0 amide bonds. The quantitative estimate of drug-likeness (QED) is 0.770. The lowest BCUT2D eigenvalue weighted by Gasteiger charge is -2.07. The molecule has 0 atom stereocenters. The number of benzene rings is 2. The Kier molecular flexibility index (Phi) is 2.83. The normalized spacial score (nSPS) is 11.6. The number of nitrogens with one attached hydrogen (secondary N) is 2. The van der Waals surface area contributed by atoms with Crippen LogP contribution in [0.2, 0.25) is 0 Å². The number of hydrogen-bond donors (Lipinski definition) is 2. The summed E-state index contributed by atoms with van der Waals surface area (Å²) in [7, 11) is -3.71. The van der Waals surface area contributed by atoms with Crippen molar-refractivity contribution in [2.45, 2.75) is 4.90 Å². The third-order valence-corrected chi connectivity index (χ3v) is 4.11. The van der Waals surface area contributed by atoms with Gasteiger partial charge in [-0.05, 0) is 30.3 Å². The Labute approximate surface area is 114 Å². The Morgan fingerprint density at radius 1 is 1.05 bits per heavy atom. The van der Waals surface area contributed by atoms with E-state index in [9.17, 15) is 13.2 Å². The summed E-state index contributed by atoms with van der Waals surface area (Å²) in [5.74, 6) is -0.620. The highest BCUT2D eigenvalue weighted by Gasteiger charge is 2.15. The van der Waals surface area contributed by atoms with Crippen molar-refractivity contribution < 1.29 is 12.8 Å². The van der Waals surface area contributed by atoms with E-state index in [4.69, 9.17) is 4.42 Å². The number of para-hydroxylation sites is 1. The number of anilines is 1. The number of H-pyrrole nitrogens is 1. The second-order valence-corrected chi connectivity index (χ2v) is 5.83. The highest BCUT2D eigenvalue weighted by molar-refractivity contribution is 7.92. The minimum atomic E-state index is -3.71.